The van der Waals surface area contributed by atoms with Gasteiger partial charge in [-0.05, 0) is 19.4 Å². The number of aliphatic carboxylic acids is 1. The van der Waals surface area contributed by atoms with E-state index in [1.807, 2.05) is 6.92 Å². The van der Waals surface area contributed by atoms with E-state index in [0.717, 1.165) is 31.0 Å². The number of ether oxygens (including phenoxy) is 1. The minimum absolute atomic E-state index is 0.0838. The van der Waals surface area contributed by atoms with E-state index < -0.39 is 12.1 Å². The Morgan fingerprint density at radius 3 is 2.50 bits per heavy atom. The molecule has 2 N–H and O–H groups in total. The number of carboxylic acid groups (broad SMARTS) is 1. The smallest absolute Gasteiger partial charge is 0.475 e. The van der Waals surface area contributed by atoms with Gasteiger partial charge < -0.3 is 19.6 Å². The number of rotatable bonds is 6. The Kier molecular flexibility index (Phi) is 8.79. The third-order valence-electron chi connectivity index (χ3n) is 4.56. The molecule has 2 aromatic rings. The molecular weight excluding hydrogens is 431 g/mol. The average Bonchev–Trinajstić information content (AvgIpc) is 3.13. The van der Waals surface area contributed by atoms with Crippen molar-refractivity contribution in [2.75, 3.05) is 20.3 Å². The molecule has 176 valence electrons. The molecule has 0 saturated heterocycles. The van der Waals surface area contributed by atoms with Gasteiger partial charge in [0.1, 0.15) is 5.76 Å². The molecule has 1 unspecified atom stereocenters. The lowest BCUT2D eigenvalue weighted by Crippen LogP contribution is -2.35. The van der Waals surface area contributed by atoms with Crippen LogP contribution < -0.4 is 5.32 Å². The molecule has 8 nitrogen and oxygen atoms in total. The van der Waals surface area contributed by atoms with Crippen LogP contribution >= 0.6 is 0 Å². The fourth-order valence-electron chi connectivity index (χ4n) is 3.01. The van der Waals surface area contributed by atoms with Crippen LogP contribution in [0.3, 0.4) is 0 Å². The molecule has 2 heterocycles. The number of hydrogen-bond acceptors (Lipinski definition) is 6. The largest absolute Gasteiger partial charge is 0.490 e. The number of carboxylic acids is 1. The lowest BCUT2D eigenvalue weighted by Gasteiger charge is -2.25. The standard InChI is InChI=1S/C19H25N3O3.C2HF3O2/c1-13-4-6-15(7-5-13)10-22-9-8-17-16(11-22)21-19(25-17)18(23)20-14(2)12-24-3;3-2(4,5)1(6)7/h4-7,14H,8-12H2,1-3H3,(H,20,23);(H,6,7). The van der Waals surface area contributed by atoms with E-state index in [-0.39, 0.29) is 17.8 Å². The van der Waals surface area contributed by atoms with Crippen molar-refractivity contribution in [2.45, 2.75) is 45.6 Å². The number of hydrogen-bond donors (Lipinski definition) is 2. The molecule has 1 aliphatic rings. The molecule has 0 spiro atoms. The summed E-state index contributed by atoms with van der Waals surface area (Å²) < 4.78 is 42.4. The first kappa shape index (κ1) is 25.3. The van der Waals surface area contributed by atoms with Gasteiger partial charge in [0.25, 0.3) is 5.89 Å². The van der Waals surface area contributed by atoms with Crippen molar-refractivity contribution in [3.63, 3.8) is 0 Å². The van der Waals surface area contributed by atoms with E-state index >= 15 is 0 Å². The van der Waals surface area contributed by atoms with E-state index in [1.165, 1.54) is 11.1 Å². The van der Waals surface area contributed by atoms with E-state index in [0.29, 0.717) is 13.2 Å². The van der Waals surface area contributed by atoms with Crippen LogP contribution in [0.4, 0.5) is 13.2 Å². The van der Waals surface area contributed by atoms with Gasteiger partial charge in [0.15, 0.2) is 0 Å². The van der Waals surface area contributed by atoms with E-state index in [4.69, 9.17) is 19.1 Å². The molecular formula is C21H26F3N3O5. The van der Waals surface area contributed by atoms with Crippen molar-refractivity contribution in [3.05, 3.63) is 52.7 Å². The molecule has 0 fully saturated rings. The van der Waals surface area contributed by atoms with Gasteiger partial charge in [0.2, 0.25) is 0 Å². The third-order valence-corrected chi connectivity index (χ3v) is 4.56. The first-order valence-electron chi connectivity index (χ1n) is 9.86. The average molecular weight is 457 g/mol. The highest BCUT2D eigenvalue weighted by molar-refractivity contribution is 5.89. The predicted octanol–water partition coefficient (Wildman–Crippen LogP) is 2.94. The number of nitrogens with zero attached hydrogens (tertiary/aromatic N) is 2. The molecule has 1 amide bonds. The molecule has 3 rings (SSSR count). The number of oxazole rings is 1. The summed E-state index contributed by atoms with van der Waals surface area (Å²) in [5.74, 6) is -2.08. The lowest BCUT2D eigenvalue weighted by atomic mass is 10.1. The minimum Gasteiger partial charge on any atom is -0.475 e. The Hall–Kier alpha value is -2.92. The quantitative estimate of drug-likeness (QED) is 0.687. The van der Waals surface area contributed by atoms with Crippen LogP contribution in [0.15, 0.2) is 28.7 Å². The lowest BCUT2D eigenvalue weighted by molar-refractivity contribution is -0.192. The zero-order valence-corrected chi connectivity index (χ0v) is 18.0. The number of aryl methyl sites for hydroxylation is 1. The molecule has 1 aromatic heterocycles. The van der Waals surface area contributed by atoms with Gasteiger partial charge in [-0.1, -0.05) is 29.8 Å². The first-order chi connectivity index (χ1) is 15.0. The molecule has 1 aromatic carbocycles. The van der Waals surface area contributed by atoms with Crippen LogP contribution in [0.5, 0.6) is 0 Å². The first-order valence-corrected chi connectivity index (χ1v) is 9.86. The number of methoxy groups -OCH3 is 1. The molecule has 0 saturated carbocycles. The highest BCUT2D eigenvalue weighted by atomic mass is 19.4. The monoisotopic (exact) mass is 457 g/mol. The Labute approximate surface area is 183 Å². The zero-order chi connectivity index (χ0) is 23.9. The Morgan fingerprint density at radius 2 is 1.94 bits per heavy atom. The summed E-state index contributed by atoms with van der Waals surface area (Å²) in [5, 5.41) is 9.95. The second kappa shape index (κ2) is 11.1. The van der Waals surface area contributed by atoms with E-state index in [1.54, 1.807) is 7.11 Å². The summed E-state index contributed by atoms with van der Waals surface area (Å²) in [6.07, 6.45) is -4.31. The molecule has 0 aliphatic carbocycles. The number of aromatic nitrogens is 1. The Balaban J connectivity index is 0.000000451. The molecule has 1 aliphatic heterocycles. The number of carbonyl (C=O) groups is 2. The molecule has 11 heteroatoms. The summed E-state index contributed by atoms with van der Waals surface area (Å²) in [5.41, 5.74) is 3.41. The van der Waals surface area contributed by atoms with Gasteiger partial charge in [-0.15, -0.1) is 0 Å². The number of carbonyl (C=O) groups excluding carboxylic acids is 1. The minimum atomic E-state index is -5.08. The maximum atomic E-state index is 12.2. The number of alkyl halides is 3. The van der Waals surface area contributed by atoms with Crippen molar-refractivity contribution in [1.29, 1.82) is 0 Å². The topological polar surface area (TPSA) is 105 Å². The summed E-state index contributed by atoms with van der Waals surface area (Å²) in [7, 11) is 1.61. The van der Waals surface area contributed by atoms with Gasteiger partial charge in [0.05, 0.1) is 12.3 Å². The van der Waals surface area contributed by atoms with Gasteiger partial charge >= 0.3 is 18.1 Å². The van der Waals surface area contributed by atoms with Crippen molar-refractivity contribution in [2.24, 2.45) is 0 Å². The molecule has 0 bridgehead atoms. The predicted molar refractivity (Wildman–Crippen MR) is 108 cm³/mol. The zero-order valence-electron chi connectivity index (χ0n) is 18.0. The third kappa shape index (κ3) is 7.65. The van der Waals surface area contributed by atoms with Crippen LogP contribution in [-0.4, -0.2) is 59.3 Å². The summed E-state index contributed by atoms with van der Waals surface area (Å²) in [4.78, 5) is 27.8. The van der Waals surface area contributed by atoms with E-state index in [2.05, 4.69) is 46.4 Å². The highest BCUT2D eigenvalue weighted by Crippen LogP contribution is 2.21. The van der Waals surface area contributed by atoms with Crippen LogP contribution in [0.25, 0.3) is 0 Å². The normalized spacial score (nSPS) is 14.7. The van der Waals surface area contributed by atoms with Crippen LogP contribution in [0, 0.1) is 6.92 Å². The maximum absolute atomic E-state index is 12.2. The number of halogens is 3. The SMILES string of the molecule is COCC(C)NC(=O)c1nc2c(o1)CCN(Cc1ccc(C)cc1)C2.O=C(O)C(F)(F)F. The van der Waals surface area contributed by atoms with Gasteiger partial charge in [-0.25, -0.2) is 9.78 Å². The second-order valence-electron chi connectivity index (χ2n) is 7.47. The van der Waals surface area contributed by atoms with E-state index in [9.17, 15) is 18.0 Å². The Bertz CT molecular complexity index is 912. The van der Waals surface area contributed by atoms with Crippen molar-refractivity contribution >= 4 is 11.9 Å². The van der Waals surface area contributed by atoms with Gasteiger partial charge in [-0.2, -0.15) is 13.2 Å². The van der Waals surface area contributed by atoms with Crippen molar-refractivity contribution in [3.8, 4) is 0 Å². The molecule has 1 atom stereocenters. The Morgan fingerprint density at radius 1 is 1.31 bits per heavy atom. The van der Waals surface area contributed by atoms with Gasteiger partial charge in [-0.3, -0.25) is 9.69 Å². The van der Waals surface area contributed by atoms with Crippen LogP contribution in [0.2, 0.25) is 0 Å². The van der Waals surface area contributed by atoms with Crippen LogP contribution in [-0.2, 0) is 29.0 Å². The number of benzene rings is 1. The fourth-order valence-corrected chi connectivity index (χ4v) is 3.01. The maximum Gasteiger partial charge on any atom is 0.490 e. The number of amides is 1. The summed E-state index contributed by atoms with van der Waals surface area (Å²) in [6.45, 7) is 6.90. The molecule has 32 heavy (non-hydrogen) atoms. The summed E-state index contributed by atoms with van der Waals surface area (Å²) >= 11 is 0. The number of fused-ring (bicyclic) bond motifs is 1. The number of nitrogens with one attached hydrogen (secondary N) is 1. The van der Waals surface area contributed by atoms with Gasteiger partial charge in [0, 0.05) is 39.2 Å². The fraction of sp³-hybridized carbons (Fsp3) is 0.476. The molecule has 0 radical (unpaired) electrons. The highest BCUT2D eigenvalue weighted by Gasteiger charge is 2.38. The van der Waals surface area contributed by atoms with Crippen molar-refractivity contribution < 1.29 is 37.0 Å². The second-order valence-corrected chi connectivity index (χ2v) is 7.47. The summed E-state index contributed by atoms with van der Waals surface area (Å²) in [6, 6.07) is 8.49. The van der Waals surface area contributed by atoms with Crippen LogP contribution in [0.1, 0.15) is 40.2 Å². The van der Waals surface area contributed by atoms with Crippen molar-refractivity contribution in [1.82, 2.24) is 15.2 Å².